The molecule has 3 aliphatic heterocycles. The highest BCUT2D eigenvalue weighted by Gasteiger charge is 2.40. The molecular weight excluding hydrogens is 701 g/mol. The molecule has 9 heteroatoms. The molecule has 0 radical (unpaired) electrons. The first-order valence-electron chi connectivity index (χ1n) is 19.8. The molecule has 2 saturated heterocycles. The normalized spacial score (nSPS) is 21.1. The van der Waals surface area contributed by atoms with E-state index in [1.165, 1.54) is 33.5 Å². The van der Waals surface area contributed by atoms with Crippen molar-refractivity contribution in [3.8, 4) is 11.5 Å². The van der Waals surface area contributed by atoms with E-state index >= 15 is 0 Å². The van der Waals surface area contributed by atoms with Gasteiger partial charge >= 0.3 is 0 Å². The summed E-state index contributed by atoms with van der Waals surface area (Å²) in [5.74, 6) is 0.694. The van der Waals surface area contributed by atoms with Gasteiger partial charge in [-0.3, -0.25) is 24.6 Å². The van der Waals surface area contributed by atoms with E-state index in [4.69, 9.17) is 4.74 Å². The Labute approximate surface area is 327 Å². The molecule has 284 valence electrons. The number of ether oxygens (including phenoxy) is 1. The summed E-state index contributed by atoms with van der Waals surface area (Å²) in [6.07, 6.45) is 2.58. The van der Waals surface area contributed by atoms with Crippen LogP contribution in [-0.2, 0) is 35.7 Å². The van der Waals surface area contributed by atoms with Crippen molar-refractivity contribution in [2.24, 2.45) is 0 Å². The van der Waals surface area contributed by atoms with E-state index in [0.29, 0.717) is 36.0 Å². The summed E-state index contributed by atoms with van der Waals surface area (Å²) < 4.78 is 6.23. The number of rotatable bonds is 9. The molecule has 1 aliphatic carbocycles. The second kappa shape index (κ2) is 15.3. The fourth-order valence-corrected chi connectivity index (χ4v) is 9.19. The van der Waals surface area contributed by atoms with Gasteiger partial charge in [0.25, 0.3) is 5.91 Å². The minimum Gasteiger partial charge on any atom is -0.508 e. The van der Waals surface area contributed by atoms with Crippen LogP contribution in [0.1, 0.15) is 80.4 Å². The molecule has 0 spiro atoms. The fraction of sp³-hybridized carbons (Fsp3) is 0.298. The number of carbonyl (C=O) groups is 3. The molecule has 4 aliphatic rings. The first-order valence-corrected chi connectivity index (χ1v) is 19.8. The Bertz CT molecular complexity index is 2250. The zero-order valence-electron chi connectivity index (χ0n) is 31.4. The molecule has 0 saturated carbocycles. The van der Waals surface area contributed by atoms with Gasteiger partial charge in [-0.25, -0.2) is 0 Å². The number of phenolic OH excluding ortho intramolecular Hbond substituents is 1. The number of piperazine rings is 1. The first kappa shape index (κ1) is 35.8. The van der Waals surface area contributed by atoms with E-state index in [9.17, 15) is 19.5 Å². The van der Waals surface area contributed by atoms with Gasteiger partial charge in [0.05, 0.1) is 6.54 Å². The predicted molar refractivity (Wildman–Crippen MR) is 215 cm³/mol. The van der Waals surface area contributed by atoms with E-state index in [2.05, 4.69) is 100 Å². The Morgan fingerprint density at radius 2 is 1.50 bits per heavy atom. The Kier molecular flexibility index (Phi) is 9.77. The van der Waals surface area contributed by atoms with Crippen LogP contribution in [0.15, 0.2) is 115 Å². The summed E-state index contributed by atoms with van der Waals surface area (Å²) in [5.41, 5.74) is 10.1. The van der Waals surface area contributed by atoms with E-state index in [0.717, 1.165) is 56.7 Å². The average molecular weight is 747 g/mol. The average Bonchev–Trinajstić information content (AvgIpc) is 3.56. The van der Waals surface area contributed by atoms with Gasteiger partial charge in [0.1, 0.15) is 24.1 Å². The van der Waals surface area contributed by atoms with Gasteiger partial charge in [-0.1, -0.05) is 78.9 Å². The summed E-state index contributed by atoms with van der Waals surface area (Å²) in [6, 6.07) is 39.3. The monoisotopic (exact) mass is 746 g/mol. The summed E-state index contributed by atoms with van der Waals surface area (Å²) in [4.78, 5) is 43.9. The van der Waals surface area contributed by atoms with Gasteiger partial charge in [-0.2, -0.15) is 0 Å². The molecule has 9 nitrogen and oxygen atoms in total. The number of anilines is 1. The van der Waals surface area contributed by atoms with E-state index in [1.54, 1.807) is 11.0 Å². The molecule has 9 rings (SSSR count). The lowest BCUT2D eigenvalue weighted by molar-refractivity contribution is -0.136. The van der Waals surface area contributed by atoms with Crippen molar-refractivity contribution < 1.29 is 24.2 Å². The predicted octanol–water partition coefficient (Wildman–Crippen LogP) is 6.92. The number of phenols is 1. The van der Waals surface area contributed by atoms with Gasteiger partial charge in [-0.05, 0) is 95.0 Å². The number of benzene rings is 5. The highest BCUT2D eigenvalue weighted by atomic mass is 16.5. The fourth-order valence-electron chi connectivity index (χ4n) is 9.19. The summed E-state index contributed by atoms with van der Waals surface area (Å²) in [7, 11) is 0. The number of nitrogens with zero attached hydrogens (tertiary/aromatic N) is 3. The van der Waals surface area contributed by atoms with Gasteiger partial charge in [0.15, 0.2) is 0 Å². The van der Waals surface area contributed by atoms with Crippen molar-refractivity contribution in [3.63, 3.8) is 0 Å². The van der Waals surface area contributed by atoms with Crippen molar-refractivity contribution in [2.45, 2.75) is 63.3 Å². The summed E-state index contributed by atoms with van der Waals surface area (Å²) in [5, 5.41) is 12.6. The molecule has 2 N–H and O–H groups in total. The third-order valence-electron chi connectivity index (χ3n) is 12.2. The molecule has 3 atom stereocenters. The number of aryl methyl sites for hydroxylation is 1. The van der Waals surface area contributed by atoms with Crippen LogP contribution in [0.3, 0.4) is 0 Å². The Balaban J connectivity index is 0.791. The van der Waals surface area contributed by atoms with Crippen LogP contribution in [0, 0.1) is 0 Å². The molecule has 0 aromatic heterocycles. The van der Waals surface area contributed by atoms with Gasteiger partial charge in [0.2, 0.25) is 11.8 Å². The summed E-state index contributed by atoms with van der Waals surface area (Å²) in [6.45, 7) is 5.43. The standard InChI is InChI=1S/C47H46N4O5/c52-37-18-20-39-35(27-37)15-19-38(33-5-2-1-3-6-33)45(39)34-13-16-36(17-14-34)50-25-23-49(24-26-50)28-31-9-11-32(12-10-31)30-56-43-8-4-7-40-41(43)29-51(47(40)55)42-21-22-44(53)48-46(42)54/h1-14,16-18,20,27,38,42,45,52H,15,19,21-26,28-30H2,(H,48,53,54)/t38-,42?,45+/m1/s1. The van der Waals surface area contributed by atoms with Crippen LogP contribution in [0.2, 0.25) is 0 Å². The number of piperidine rings is 1. The second-order valence-electron chi connectivity index (χ2n) is 15.6. The largest absolute Gasteiger partial charge is 0.508 e. The van der Waals surface area contributed by atoms with Crippen LogP contribution in [0.4, 0.5) is 5.69 Å². The number of nitrogens with one attached hydrogen (secondary N) is 1. The van der Waals surface area contributed by atoms with Crippen LogP contribution in [0.5, 0.6) is 11.5 Å². The Hall–Kier alpha value is -5.93. The lowest BCUT2D eigenvalue weighted by Crippen LogP contribution is -2.52. The van der Waals surface area contributed by atoms with Crippen LogP contribution in [-0.4, -0.2) is 64.8 Å². The van der Waals surface area contributed by atoms with Crippen molar-refractivity contribution in [1.82, 2.24) is 15.1 Å². The number of aromatic hydroxyl groups is 1. The number of amides is 3. The summed E-state index contributed by atoms with van der Waals surface area (Å²) >= 11 is 0. The minimum atomic E-state index is -0.653. The van der Waals surface area contributed by atoms with Crippen LogP contribution < -0.4 is 15.0 Å². The Morgan fingerprint density at radius 3 is 2.27 bits per heavy atom. The van der Waals surface area contributed by atoms with E-state index < -0.39 is 11.9 Å². The van der Waals surface area contributed by atoms with Crippen molar-refractivity contribution >= 4 is 23.4 Å². The SMILES string of the molecule is O=C1CCC(N2Cc3c(OCc4ccc(CN5CCN(c6ccc([C@@H]7c8ccc(O)cc8CC[C@@H]7c7ccccc7)cc6)CC5)cc4)cccc3C2=O)C(=O)N1. The zero-order chi connectivity index (χ0) is 38.2. The third kappa shape index (κ3) is 7.15. The molecule has 3 heterocycles. The van der Waals surface area contributed by atoms with E-state index in [-0.39, 0.29) is 30.7 Å². The molecule has 5 aromatic carbocycles. The maximum Gasteiger partial charge on any atom is 0.255 e. The van der Waals surface area contributed by atoms with Crippen LogP contribution in [0.25, 0.3) is 0 Å². The van der Waals surface area contributed by atoms with Crippen molar-refractivity contribution in [3.05, 3.63) is 160 Å². The highest BCUT2D eigenvalue weighted by molar-refractivity contribution is 6.05. The van der Waals surface area contributed by atoms with Gasteiger partial charge < -0.3 is 19.6 Å². The number of carbonyl (C=O) groups excluding carboxylic acids is 3. The smallest absolute Gasteiger partial charge is 0.255 e. The van der Waals surface area contributed by atoms with Crippen molar-refractivity contribution in [1.29, 1.82) is 0 Å². The maximum atomic E-state index is 13.2. The lowest BCUT2D eigenvalue weighted by Gasteiger charge is -2.37. The molecule has 0 bridgehead atoms. The maximum absolute atomic E-state index is 13.2. The quantitative estimate of drug-likeness (QED) is 0.158. The zero-order valence-corrected chi connectivity index (χ0v) is 31.4. The number of hydrogen-bond acceptors (Lipinski definition) is 7. The van der Waals surface area contributed by atoms with Crippen LogP contribution >= 0.6 is 0 Å². The minimum absolute atomic E-state index is 0.204. The molecule has 56 heavy (non-hydrogen) atoms. The third-order valence-corrected chi connectivity index (χ3v) is 12.2. The molecule has 2 fully saturated rings. The molecule has 3 amide bonds. The first-order chi connectivity index (χ1) is 27.4. The van der Waals surface area contributed by atoms with Gasteiger partial charge in [-0.15, -0.1) is 0 Å². The number of fused-ring (bicyclic) bond motifs is 2. The topological polar surface area (TPSA) is 102 Å². The molecule has 1 unspecified atom stereocenters. The lowest BCUT2D eigenvalue weighted by atomic mass is 9.69. The molecule has 5 aromatic rings. The molecular formula is C47H46N4O5. The second-order valence-corrected chi connectivity index (χ2v) is 15.6. The van der Waals surface area contributed by atoms with E-state index in [1.807, 2.05) is 24.3 Å². The van der Waals surface area contributed by atoms with Gasteiger partial charge in [0, 0.05) is 61.9 Å². The Morgan fingerprint density at radius 1 is 0.732 bits per heavy atom. The number of hydrogen-bond donors (Lipinski definition) is 2. The highest BCUT2D eigenvalue weighted by Crippen LogP contribution is 2.47. The number of imide groups is 1. The van der Waals surface area contributed by atoms with Crippen molar-refractivity contribution in [2.75, 3.05) is 31.1 Å².